The van der Waals surface area contributed by atoms with Crippen LogP contribution in [0.25, 0.3) is 0 Å². The smallest absolute Gasteiger partial charge is 0.325 e. The lowest BCUT2D eigenvalue weighted by Crippen LogP contribution is -2.30. The molecule has 28 heavy (non-hydrogen) atoms. The number of nitrogens with two attached hydrogens (primary N) is 1. The number of carbonyl (C=O) groups is 2. The average molecular weight is 401 g/mol. The van der Waals surface area contributed by atoms with Gasteiger partial charge in [-0.25, -0.2) is 9.29 Å². The molecule has 0 bridgehead atoms. The molecule has 2 aromatic rings. The molecule has 8 heteroatoms. The number of nitrogens with one attached hydrogen (secondary N) is 1. The molecule has 1 amide bonds. The standard InChI is InChI=1S/C20H24N4O3S/c1-27-19(25)13-23-20(26)18-7-6-17(12-22-18)28-24-10-8-15(9-11-24)14-2-4-16(21)5-3-14/h2-7,12,15H,8-11,13,21H2,1H3,(H,23,26). The summed E-state index contributed by atoms with van der Waals surface area (Å²) in [6.45, 7) is 1.80. The number of nitrogens with zero attached hydrogens (tertiary/aromatic N) is 2. The number of methoxy groups -OCH3 is 1. The van der Waals surface area contributed by atoms with E-state index in [0.29, 0.717) is 5.92 Å². The van der Waals surface area contributed by atoms with E-state index in [4.69, 9.17) is 5.73 Å². The van der Waals surface area contributed by atoms with Gasteiger partial charge in [-0.1, -0.05) is 12.1 Å². The molecule has 2 heterocycles. The van der Waals surface area contributed by atoms with Gasteiger partial charge in [-0.05, 0) is 60.5 Å². The highest BCUT2D eigenvalue weighted by Crippen LogP contribution is 2.33. The summed E-state index contributed by atoms with van der Waals surface area (Å²) in [5.41, 5.74) is 8.19. The maximum absolute atomic E-state index is 12.0. The van der Waals surface area contributed by atoms with E-state index in [-0.39, 0.29) is 12.2 Å². The number of piperidine rings is 1. The van der Waals surface area contributed by atoms with Gasteiger partial charge in [0.25, 0.3) is 5.91 Å². The summed E-state index contributed by atoms with van der Waals surface area (Å²) < 4.78 is 6.81. The number of aromatic nitrogens is 1. The van der Waals surface area contributed by atoms with E-state index in [1.807, 2.05) is 18.2 Å². The van der Waals surface area contributed by atoms with E-state index in [2.05, 4.69) is 31.5 Å². The third-order valence-corrected chi connectivity index (χ3v) is 5.76. The van der Waals surface area contributed by atoms with Crippen molar-refractivity contribution in [2.24, 2.45) is 0 Å². The van der Waals surface area contributed by atoms with Crippen LogP contribution in [0.3, 0.4) is 0 Å². The fourth-order valence-electron chi connectivity index (χ4n) is 3.08. The monoisotopic (exact) mass is 400 g/mol. The molecule has 3 rings (SSSR count). The van der Waals surface area contributed by atoms with Gasteiger partial charge >= 0.3 is 5.97 Å². The number of hydrogen-bond acceptors (Lipinski definition) is 7. The maximum atomic E-state index is 12.0. The Balaban J connectivity index is 1.48. The topological polar surface area (TPSA) is 97.5 Å². The Morgan fingerprint density at radius 2 is 1.93 bits per heavy atom. The summed E-state index contributed by atoms with van der Waals surface area (Å²) in [6, 6.07) is 11.7. The normalized spacial score (nSPS) is 15.2. The van der Waals surface area contributed by atoms with Crippen LogP contribution < -0.4 is 11.1 Å². The number of benzene rings is 1. The van der Waals surface area contributed by atoms with Crippen molar-refractivity contribution in [3.8, 4) is 0 Å². The van der Waals surface area contributed by atoms with Gasteiger partial charge in [0.1, 0.15) is 12.2 Å². The Kier molecular flexibility index (Phi) is 6.89. The van der Waals surface area contributed by atoms with Crippen LogP contribution in [-0.4, -0.2) is 47.9 Å². The second-order valence-electron chi connectivity index (χ2n) is 6.60. The molecule has 0 aliphatic carbocycles. The molecular formula is C20H24N4O3S. The third kappa shape index (κ3) is 5.46. The average Bonchev–Trinajstić information content (AvgIpc) is 2.73. The highest BCUT2D eigenvalue weighted by atomic mass is 32.2. The van der Waals surface area contributed by atoms with Crippen LogP contribution >= 0.6 is 11.9 Å². The molecular weight excluding hydrogens is 376 g/mol. The lowest BCUT2D eigenvalue weighted by molar-refractivity contribution is -0.139. The summed E-state index contributed by atoms with van der Waals surface area (Å²) in [4.78, 5) is 28.2. The zero-order chi connectivity index (χ0) is 19.9. The quantitative estimate of drug-likeness (QED) is 0.437. The number of pyridine rings is 1. The van der Waals surface area contributed by atoms with Gasteiger partial charge in [0, 0.05) is 29.9 Å². The summed E-state index contributed by atoms with van der Waals surface area (Å²) in [6.07, 6.45) is 3.88. The molecule has 0 saturated carbocycles. The van der Waals surface area contributed by atoms with Crippen LogP contribution in [0, 0.1) is 0 Å². The molecule has 3 N–H and O–H groups in total. The van der Waals surface area contributed by atoms with E-state index >= 15 is 0 Å². The zero-order valence-corrected chi connectivity index (χ0v) is 16.6. The lowest BCUT2D eigenvalue weighted by atomic mass is 9.90. The Bertz CT molecular complexity index is 803. The van der Waals surface area contributed by atoms with E-state index in [1.54, 1.807) is 24.2 Å². The first-order valence-electron chi connectivity index (χ1n) is 9.14. The minimum atomic E-state index is -0.497. The van der Waals surface area contributed by atoms with Crippen LogP contribution in [0.4, 0.5) is 5.69 Å². The van der Waals surface area contributed by atoms with Crippen LogP contribution in [0.2, 0.25) is 0 Å². The molecule has 7 nitrogen and oxygen atoms in total. The number of ether oxygens (including phenoxy) is 1. The third-order valence-electron chi connectivity index (χ3n) is 4.69. The predicted molar refractivity (Wildman–Crippen MR) is 109 cm³/mol. The van der Waals surface area contributed by atoms with Crippen LogP contribution in [0.15, 0.2) is 47.5 Å². The number of carbonyl (C=O) groups excluding carboxylic acids is 2. The SMILES string of the molecule is COC(=O)CNC(=O)c1ccc(SN2CCC(c3ccc(N)cc3)CC2)cn1. The summed E-state index contributed by atoms with van der Waals surface area (Å²) in [5.74, 6) is -0.328. The molecule has 1 aromatic carbocycles. The van der Waals surface area contributed by atoms with E-state index < -0.39 is 11.9 Å². The van der Waals surface area contributed by atoms with Gasteiger partial charge in [0.2, 0.25) is 0 Å². The van der Waals surface area contributed by atoms with Crippen LogP contribution in [-0.2, 0) is 9.53 Å². The van der Waals surface area contributed by atoms with Crippen molar-refractivity contribution in [2.75, 3.05) is 32.5 Å². The molecule has 0 spiro atoms. The highest BCUT2D eigenvalue weighted by Gasteiger charge is 2.21. The van der Waals surface area contributed by atoms with Crippen molar-refractivity contribution in [1.82, 2.24) is 14.6 Å². The number of anilines is 1. The Morgan fingerprint density at radius 1 is 1.21 bits per heavy atom. The second-order valence-corrected chi connectivity index (χ2v) is 7.77. The number of amides is 1. The van der Waals surface area contributed by atoms with Gasteiger partial charge in [-0.3, -0.25) is 9.59 Å². The van der Waals surface area contributed by atoms with E-state index in [1.165, 1.54) is 12.7 Å². The molecule has 0 unspecified atom stereocenters. The molecule has 1 aliphatic rings. The molecule has 0 radical (unpaired) electrons. The molecule has 1 aliphatic heterocycles. The summed E-state index contributed by atoms with van der Waals surface area (Å²) in [5, 5.41) is 2.47. The first-order valence-corrected chi connectivity index (χ1v) is 9.92. The minimum Gasteiger partial charge on any atom is -0.468 e. The molecule has 1 fully saturated rings. The Hall–Kier alpha value is -2.58. The number of hydrogen-bond donors (Lipinski definition) is 2. The largest absolute Gasteiger partial charge is 0.468 e. The van der Waals surface area contributed by atoms with E-state index in [9.17, 15) is 9.59 Å². The van der Waals surface area contributed by atoms with Crippen molar-refractivity contribution in [3.63, 3.8) is 0 Å². The highest BCUT2D eigenvalue weighted by molar-refractivity contribution is 7.97. The second kappa shape index (κ2) is 9.57. The number of nitrogen functional groups attached to an aromatic ring is 1. The fraction of sp³-hybridized carbons (Fsp3) is 0.350. The number of esters is 1. The van der Waals surface area contributed by atoms with Crippen LogP contribution in [0.1, 0.15) is 34.8 Å². The zero-order valence-electron chi connectivity index (χ0n) is 15.8. The van der Waals surface area contributed by atoms with Crippen molar-refractivity contribution in [3.05, 3.63) is 53.9 Å². The molecule has 1 aromatic heterocycles. The minimum absolute atomic E-state index is 0.170. The Morgan fingerprint density at radius 3 is 2.54 bits per heavy atom. The molecule has 148 valence electrons. The Labute approximate surface area is 168 Å². The maximum Gasteiger partial charge on any atom is 0.325 e. The van der Waals surface area contributed by atoms with E-state index in [0.717, 1.165) is 36.5 Å². The summed E-state index contributed by atoms with van der Waals surface area (Å²) in [7, 11) is 1.28. The summed E-state index contributed by atoms with van der Waals surface area (Å²) >= 11 is 1.65. The number of rotatable bonds is 6. The van der Waals surface area contributed by atoms with Crippen molar-refractivity contribution in [1.29, 1.82) is 0 Å². The lowest BCUT2D eigenvalue weighted by Gasteiger charge is -2.31. The van der Waals surface area contributed by atoms with Gasteiger partial charge < -0.3 is 15.8 Å². The van der Waals surface area contributed by atoms with Gasteiger partial charge in [-0.15, -0.1) is 0 Å². The van der Waals surface area contributed by atoms with Crippen molar-refractivity contribution < 1.29 is 14.3 Å². The predicted octanol–water partition coefficient (Wildman–Crippen LogP) is 2.45. The van der Waals surface area contributed by atoms with Crippen molar-refractivity contribution >= 4 is 29.5 Å². The first kappa shape index (κ1) is 20.2. The van der Waals surface area contributed by atoms with Gasteiger partial charge in [0.15, 0.2) is 0 Å². The molecule has 0 atom stereocenters. The van der Waals surface area contributed by atoms with Gasteiger partial charge in [0.05, 0.1) is 7.11 Å². The van der Waals surface area contributed by atoms with Gasteiger partial charge in [-0.2, -0.15) is 0 Å². The fourth-order valence-corrected chi connectivity index (χ4v) is 4.00. The van der Waals surface area contributed by atoms with Crippen LogP contribution in [0.5, 0.6) is 0 Å². The van der Waals surface area contributed by atoms with Crippen molar-refractivity contribution in [2.45, 2.75) is 23.7 Å². The first-order chi connectivity index (χ1) is 13.5. The molecule has 1 saturated heterocycles.